The summed E-state index contributed by atoms with van der Waals surface area (Å²) in [7, 11) is 1.92. The van der Waals surface area contributed by atoms with E-state index in [-0.39, 0.29) is 41.1 Å². The molecular weight excluding hydrogens is 643 g/mol. The lowest BCUT2D eigenvalue weighted by Crippen LogP contribution is -2.45. The number of fused-ring (bicyclic) bond motifs is 2. The second-order valence-corrected chi connectivity index (χ2v) is 12.8. The van der Waals surface area contributed by atoms with Gasteiger partial charge < -0.3 is 19.6 Å². The minimum Gasteiger partial charge on any atom is -0.491 e. The fourth-order valence-corrected chi connectivity index (χ4v) is 7.12. The molecule has 0 bridgehead atoms. The van der Waals surface area contributed by atoms with E-state index in [0.29, 0.717) is 63.2 Å². The number of ether oxygens (including phenoxy) is 1. The van der Waals surface area contributed by atoms with E-state index in [1.165, 1.54) is 28.2 Å². The molecule has 1 saturated heterocycles. The van der Waals surface area contributed by atoms with E-state index in [4.69, 9.17) is 16.3 Å². The summed E-state index contributed by atoms with van der Waals surface area (Å²) >= 11 is 7.67. The lowest BCUT2D eigenvalue weighted by atomic mass is 10.0. The van der Waals surface area contributed by atoms with Crippen LogP contribution in [0.15, 0.2) is 47.4 Å². The van der Waals surface area contributed by atoms with Crippen molar-refractivity contribution >= 4 is 55.7 Å². The first kappa shape index (κ1) is 31.8. The Morgan fingerprint density at radius 3 is 2.52 bits per heavy atom. The monoisotopic (exact) mass is 671 g/mol. The van der Waals surface area contributed by atoms with Crippen molar-refractivity contribution in [3.05, 3.63) is 79.8 Å². The van der Waals surface area contributed by atoms with Crippen molar-refractivity contribution in [1.29, 1.82) is 0 Å². The number of pyridine rings is 1. The van der Waals surface area contributed by atoms with Gasteiger partial charge in [-0.05, 0) is 57.3 Å². The number of carboxylic acids is 1. The van der Waals surface area contributed by atoms with E-state index in [2.05, 4.69) is 9.97 Å². The minimum absolute atomic E-state index is 0.0152. The van der Waals surface area contributed by atoms with Gasteiger partial charge in [-0.25, -0.2) is 9.78 Å². The Labute approximate surface area is 270 Å². The number of hydrogen-bond donors (Lipinski definition) is 1. The second-order valence-electron chi connectivity index (χ2n) is 11.2. The van der Waals surface area contributed by atoms with Crippen LogP contribution in [-0.4, -0.2) is 70.3 Å². The van der Waals surface area contributed by atoms with Crippen LogP contribution in [0.2, 0.25) is 5.02 Å². The smallest absolute Gasteiger partial charge is 0.418 e. The first-order valence-electron chi connectivity index (χ1n) is 14.4. The van der Waals surface area contributed by atoms with Gasteiger partial charge in [0.15, 0.2) is 0 Å². The van der Waals surface area contributed by atoms with Gasteiger partial charge in [-0.3, -0.25) is 14.3 Å². The Hall–Kier alpha value is -4.20. The number of carboxylic acid groups (broad SMARTS) is 1. The lowest BCUT2D eigenvalue weighted by molar-refractivity contribution is -0.137. The zero-order chi connectivity index (χ0) is 32.9. The highest BCUT2D eigenvalue weighted by atomic mass is 35.5. The molecule has 0 amide bonds. The molecule has 1 N–H and O–H groups in total. The number of thiophene rings is 1. The molecule has 0 aliphatic carbocycles. The molecule has 1 aliphatic rings. The van der Waals surface area contributed by atoms with Crippen molar-refractivity contribution in [2.75, 3.05) is 44.7 Å². The maximum Gasteiger partial charge on any atom is 0.418 e. The lowest BCUT2D eigenvalue weighted by Gasteiger charge is -2.35. The first-order valence-corrected chi connectivity index (χ1v) is 15.6. The number of hydrogen-bond acceptors (Lipinski definition) is 8. The van der Waals surface area contributed by atoms with Crippen LogP contribution in [0.3, 0.4) is 0 Å². The van der Waals surface area contributed by atoms with Crippen LogP contribution in [0.1, 0.15) is 26.6 Å². The molecule has 2 aromatic carbocycles. The van der Waals surface area contributed by atoms with Gasteiger partial charge in [-0.2, -0.15) is 13.2 Å². The molecule has 0 saturated carbocycles. The summed E-state index contributed by atoms with van der Waals surface area (Å²) in [6.07, 6.45) is -3.08. The van der Waals surface area contributed by atoms with Crippen LogP contribution in [0, 0.1) is 13.8 Å². The van der Waals surface area contributed by atoms with Gasteiger partial charge in [0.05, 0.1) is 38.8 Å². The van der Waals surface area contributed by atoms with E-state index >= 15 is 0 Å². The Bertz CT molecular complexity index is 2050. The molecule has 1 aliphatic heterocycles. The average molecular weight is 672 g/mol. The Balaban J connectivity index is 1.33. The van der Waals surface area contributed by atoms with E-state index < -0.39 is 23.3 Å². The highest BCUT2D eigenvalue weighted by molar-refractivity contribution is 7.20. The number of halogens is 4. The number of benzene rings is 2. The molecule has 46 heavy (non-hydrogen) atoms. The van der Waals surface area contributed by atoms with E-state index in [9.17, 15) is 27.9 Å². The minimum atomic E-state index is -4.61. The Kier molecular flexibility index (Phi) is 8.42. The number of aromatic carboxylic acids is 1. The summed E-state index contributed by atoms with van der Waals surface area (Å²) in [5.41, 5.74) is 0.514. The number of alkyl halides is 3. The summed E-state index contributed by atoms with van der Waals surface area (Å²) in [4.78, 5) is 38.6. The summed E-state index contributed by atoms with van der Waals surface area (Å²) in [5.74, 6) is -0.360. The quantitative estimate of drug-likeness (QED) is 0.210. The van der Waals surface area contributed by atoms with Gasteiger partial charge in [-0.1, -0.05) is 11.6 Å². The van der Waals surface area contributed by atoms with Crippen molar-refractivity contribution in [2.45, 2.75) is 26.6 Å². The molecule has 4 heterocycles. The molecule has 9 nitrogen and oxygen atoms in total. The van der Waals surface area contributed by atoms with Crippen molar-refractivity contribution in [1.82, 2.24) is 19.4 Å². The molecule has 0 atom stereocenters. The number of nitrogens with zero attached hydrogens (tertiary/aromatic N) is 5. The van der Waals surface area contributed by atoms with Gasteiger partial charge in [-0.15, -0.1) is 11.3 Å². The van der Waals surface area contributed by atoms with Crippen LogP contribution in [0.5, 0.6) is 5.75 Å². The van der Waals surface area contributed by atoms with E-state index in [1.54, 1.807) is 43.0 Å². The van der Waals surface area contributed by atoms with E-state index in [1.807, 2.05) is 11.9 Å². The van der Waals surface area contributed by atoms with Gasteiger partial charge in [0, 0.05) is 59.1 Å². The number of rotatable bonds is 7. The molecule has 0 spiro atoms. The predicted molar refractivity (Wildman–Crippen MR) is 173 cm³/mol. The van der Waals surface area contributed by atoms with E-state index in [0.717, 1.165) is 6.07 Å². The zero-order valence-electron chi connectivity index (χ0n) is 25.1. The largest absolute Gasteiger partial charge is 0.491 e. The second kappa shape index (κ2) is 12.2. The fraction of sp³-hybridized carbons (Fsp3) is 0.312. The van der Waals surface area contributed by atoms with Crippen LogP contribution >= 0.6 is 22.9 Å². The van der Waals surface area contributed by atoms with Crippen LogP contribution in [-0.2, 0) is 12.7 Å². The zero-order valence-corrected chi connectivity index (χ0v) is 26.7. The molecule has 240 valence electrons. The van der Waals surface area contributed by atoms with Gasteiger partial charge in [0.25, 0.3) is 5.56 Å². The van der Waals surface area contributed by atoms with Gasteiger partial charge in [0.2, 0.25) is 0 Å². The third-order valence-corrected chi connectivity index (χ3v) is 9.54. The number of aryl methyl sites for hydroxylation is 2. The van der Waals surface area contributed by atoms with Crippen LogP contribution in [0.25, 0.3) is 32.2 Å². The van der Waals surface area contributed by atoms with Crippen LogP contribution in [0.4, 0.5) is 18.9 Å². The average Bonchev–Trinajstić information content (AvgIpc) is 3.35. The topological polar surface area (TPSA) is 101 Å². The Morgan fingerprint density at radius 1 is 1.09 bits per heavy atom. The molecule has 0 unspecified atom stereocenters. The van der Waals surface area contributed by atoms with Crippen molar-refractivity contribution in [3.8, 4) is 16.9 Å². The molecule has 1 fully saturated rings. The highest BCUT2D eigenvalue weighted by Gasteiger charge is 2.36. The number of likely N-dealkylation sites (N-methyl/N-ethyl adjacent to an activating group) is 1. The molecule has 0 radical (unpaired) electrons. The molecule has 3 aromatic heterocycles. The third-order valence-electron chi connectivity index (χ3n) is 8.18. The SMILES string of the molecule is Cc1sc2c(-c3cc(Cl)ccc3OCCn3c(C)nc4cc(C(F)(F)F)c(N5CCN(C)CC5)cc4c3=O)ccnc2c1C(=O)O. The number of anilines is 1. The number of carbonyl (C=O) groups is 1. The van der Waals surface area contributed by atoms with Crippen molar-refractivity contribution in [2.24, 2.45) is 0 Å². The maximum atomic E-state index is 14.1. The van der Waals surface area contributed by atoms with Gasteiger partial charge in [0.1, 0.15) is 18.2 Å². The van der Waals surface area contributed by atoms with Crippen molar-refractivity contribution in [3.63, 3.8) is 0 Å². The molecular formula is C32H29ClF3N5O4S. The normalized spacial score (nSPS) is 14.4. The molecule has 14 heteroatoms. The summed E-state index contributed by atoms with van der Waals surface area (Å²) in [5, 5.41) is 10.3. The number of piperazine rings is 1. The third kappa shape index (κ3) is 5.90. The van der Waals surface area contributed by atoms with Gasteiger partial charge >= 0.3 is 12.1 Å². The molecule has 6 rings (SSSR count). The molecule has 5 aromatic rings. The number of aromatic nitrogens is 3. The summed E-state index contributed by atoms with van der Waals surface area (Å²) < 4.78 is 50.6. The van der Waals surface area contributed by atoms with Crippen LogP contribution < -0.4 is 15.2 Å². The Morgan fingerprint density at radius 2 is 1.83 bits per heavy atom. The standard InChI is InChI=1S/C32H29ClF3N5O4S/c1-17-27(31(43)44)28-29(46-17)20(6-7-37-28)21-14-19(33)4-5-26(21)45-13-12-41-18(2)38-24-16-23(32(34,35)36)25(15-22(24)30(41)42)40-10-8-39(3)9-11-40/h4-7,14-16H,8-13H2,1-3H3,(H,43,44). The maximum absolute atomic E-state index is 14.1. The summed E-state index contributed by atoms with van der Waals surface area (Å²) in [6.45, 7) is 5.43. The summed E-state index contributed by atoms with van der Waals surface area (Å²) in [6, 6.07) is 9.11. The first-order chi connectivity index (χ1) is 21.8. The predicted octanol–water partition coefficient (Wildman–Crippen LogP) is 6.49. The highest BCUT2D eigenvalue weighted by Crippen LogP contribution is 2.42. The fourth-order valence-electron chi connectivity index (χ4n) is 5.82. The van der Waals surface area contributed by atoms with Crippen molar-refractivity contribution < 1.29 is 27.8 Å².